The highest BCUT2D eigenvalue weighted by atomic mass is 32.2. The number of piperazine rings is 1. The molecule has 17 nitrogen and oxygen atoms in total. The molecule has 0 bridgehead atoms. The Balaban J connectivity index is 2.61. The largest absolute Gasteiger partial charge is 0.365 e. The summed E-state index contributed by atoms with van der Waals surface area (Å²) < 4.78 is 117. The minimum Gasteiger partial charge on any atom is -0.365 e. The lowest BCUT2D eigenvalue weighted by Crippen LogP contribution is -2.53. The molecule has 1 aliphatic heterocycles. The van der Waals surface area contributed by atoms with Gasteiger partial charge in [-0.3, -0.25) is 27.9 Å². The molecule has 1 unspecified atom stereocenters. The van der Waals surface area contributed by atoms with E-state index in [9.17, 15) is 48.3 Å². The van der Waals surface area contributed by atoms with Crippen molar-refractivity contribution in [1.29, 1.82) is 0 Å². The highest BCUT2D eigenvalue weighted by Crippen LogP contribution is 2.36. The molecule has 1 heterocycles. The lowest BCUT2D eigenvalue weighted by Gasteiger charge is -2.37. The van der Waals surface area contributed by atoms with E-state index in [2.05, 4.69) is 5.92 Å². The zero-order valence-corrected chi connectivity index (χ0v) is 25.5. The monoisotopic (exact) mass is 662 g/mol. The summed E-state index contributed by atoms with van der Waals surface area (Å²) in [4.78, 5) is 12.7. The van der Waals surface area contributed by atoms with Crippen molar-refractivity contribution in [2.75, 3.05) is 69.9 Å². The average molecular weight is 663 g/mol. The summed E-state index contributed by atoms with van der Waals surface area (Å²) in [7, 11) is -16.9. The normalized spacial score (nSPS) is 16.7. The first kappa shape index (κ1) is 34.8. The van der Waals surface area contributed by atoms with Crippen LogP contribution in [0.5, 0.6) is 0 Å². The maximum Gasteiger partial charge on any atom is 0.280 e. The molecule has 0 spiro atoms. The minimum atomic E-state index is -4.58. The number of nitro benzene ring substituents is 1. The number of hydrogen-bond acceptors (Lipinski definition) is 14. The lowest BCUT2D eigenvalue weighted by molar-refractivity contribution is -0.385. The molecule has 0 radical (unpaired) electrons. The maximum atomic E-state index is 13.9. The zero-order chi connectivity index (χ0) is 31.4. The second-order valence-electron chi connectivity index (χ2n) is 8.84. The molecule has 0 aromatic heterocycles. The van der Waals surface area contributed by atoms with Gasteiger partial charge in [-0.25, -0.2) is 8.42 Å². The Labute approximate surface area is 239 Å². The fourth-order valence-corrected chi connectivity index (χ4v) is 6.92. The van der Waals surface area contributed by atoms with Crippen LogP contribution in [0.2, 0.25) is 0 Å². The molecule has 1 atom stereocenters. The molecule has 2 rings (SSSR count). The Bertz CT molecular complexity index is 1570. The first-order valence-corrected chi connectivity index (χ1v) is 18.2. The van der Waals surface area contributed by atoms with Gasteiger partial charge in [0.2, 0.25) is 10.0 Å². The van der Waals surface area contributed by atoms with E-state index in [1.165, 1.54) is 16.7 Å². The Kier molecular flexibility index (Phi) is 11.2. The van der Waals surface area contributed by atoms with Crippen molar-refractivity contribution in [3.63, 3.8) is 0 Å². The number of nitro groups is 1. The number of terminal acetylenes is 1. The summed E-state index contributed by atoms with van der Waals surface area (Å²) in [6.07, 6.45) is 7.15. The number of benzene rings is 1. The molecule has 1 N–H and O–H groups in total. The molecule has 0 amide bonds. The maximum absolute atomic E-state index is 13.9. The van der Waals surface area contributed by atoms with Crippen LogP contribution in [-0.4, -0.2) is 123 Å². The summed E-state index contributed by atoms with van der Waals surface area (Å²) in [6, 6.07) is 1.70. The Morgan fingerprint density at radius 1 is 1.00 bits per heavy atom. The van der Waals surface area contributed by atoms with E-state index >= 15 is 0 Å². The number of anilines is 1. The third kappa shape index (κ3) is 9.83. The molecule has 0 saturated carbocycles. The van der Waals surface area contributed by atoms with Gasteiger partial charge in [0.25, 0.3) is 36.0 Å². The van der Waals surface area contributed by atoms with E-state index in [1.807, 2.05) is 0 Å². The van der Waals surface area contributed by atoms with Crippen molar-refractivity contribution in [3.05, 3.63) is 27.8 Å². The third-order valence-corrected chi connectivity index (χ3v) is 10.2. The molecule has 1 fully saturated rings. The van der Waals surface area contributed by atoms with Crippen LogP contribution in [0.25, 0.3) is 0 Å². The molecule has 1 aromatic rings. The van der Waals surface area contributed by atoms with Gasteiger partial charge in [-0.1, -0.05) is 5.92 Å². The van der Waals surface area contributed by atoms with Crippen molar-refractivity contribution in [3.8, 4) is 12.3 Å². The molecular weight excluding hydrogens is 633 g/mol. The number of sulfonamides is 1. The molecule has 21 heteroatoms. The lowest BCUT2D eigenvalue weighted by atomic mass is 10.1. The Morgan fingerprint density at radius 3 is 1.88 bits per heavy atom. The van der Waals surface area contributed by atoms with Gasteiger partial charge in [-0.05, 0) is 6.92 Å². The fourth-order valence-electron chi connectivity index (χ4n) is 3.90. The van der Waals surface area contributed by atoms with Gasteiger partial charge in [-0.2, -0.15) is 29.6 Å². The van der Waals surface area contributed by atoms with E-state index in [0.29, 0.717) is 0 Å². The van der Waals surface area contributed by atoms with Crippen LogP contribution in [0, 0.1) is 22.5 Å². The van der Waals surface area contributed by atoms with Crippen LogP contribution in [0.15, 0.2) is 17.0 Å². The van der Waals surface area contributed by atoms with Crippen molar-refractivity contribution in [1.82, 2.24) is 9.21 Å². The van der Waals surface area contributed by atoms with E-state index in [-0.39, 0.29) is 50.5 Å². The SMILES string of the molecule is C#Cc1cc([N+](=O)[O-])cc(S(=O)(=O)N2CCN(C(C)S(=O)(=O)O)CC2)c1N(CCOS(C)(=O)=O)CCOS(C)(=O)=O. The summed E-state index contributed by atoms with van der Waals surface area (Å²) in [5.74, 6) is 2.19. The molecule has 0 aliphatic carbocycles. The molecule has 1 saturated heterocycles. The highest BCUT2D eigenvalue weighted by molar-refractivity contribution is 7.89. The second kappa shape index (κ2) is 13.3. The average Bonchev–Trinajstić information content (AvgIpc) is 2.84. The summed E-state index contributed by atoms with van der Waals surface area (Å²) in [6.45, 7) is -1.26. The van der Waals surface area contributed by atoms with Crippen LogP contribution in [0.4, 0.5) is 11.4 Å². The van der Waals surface area contributed by atoms with Gasteiger partial charge in [0.15, 0.2) is 0 Å². The molecular formula is C20H30N4O13S4. The number of non-ortho nitro benzene ring substituents is 1. The van der Waals surface area contributed by atoms with Crippen molar-refractivity contribution < 1.29 is 51.5 Å². The van der Waals surface area contributed by atoms with Crippen LogP contribution in [0.3, 0.4) is 0 Å². The smallest absolute Gasteiger partial charge is 0.280 e. The van der Waals surface area contributed by atoms with Crippen molar-refractivity contribution >= 4 is 51.8 Å². The third-order valence-electron chi connectivity index (χ3n) is 5.90. The first-order chi connectivity index (χ1) is 18.7. The van der Waals surface area contributed by atoms with Gasteiger partial charge in [0, 0.05) is 51.4 Å². The van der Waals surface area contributed by atoms with E-state index < -0.39 is 74.5 Å². The molecule has 41 heavy (non-hydrogen) atoms. The standard InChI is InChI=1S/C20H30N4O13S4/c1-5-17-14-18(24(25)26)15-19(40(31,32)23-8-6-21(7-9-23)16(2)41(33,34)35)20(17)22(10-12-36-38(3,27)28)11-13-37-39(4,29)30/h1,14-16H,6-13H2,2-4H3,(H,33,34,35). The minimum absolute atomic E-state index is 0.111. The summed E-state index contributed by atoms with van der Waals surface area (Å²) in [5.41, 5.74) is -1.20. The van der Waals surface area contributed by atoms with Crippen molar-refractivity contribution in [2.24, 2.45) is 0 Å². The van der Waals surface area contributed by atoms with Gasteiger partial charge in [-0.15, -0.1) is 6.42 Å². The quantitative estimate of drug-likeness (QED) is 0.0817. The van der Waals surface area contributed by atoms with Crippen LogP contribution < -0.4 is 4.90 Å². The van der Waals surface area contributed by atoms with Crippen molar-refractivity contribution in [2.45, 2.75) is 17.2 Å². The van der Waals surface area contributed by atoms with Crippen LogP contribution in [0.1, 0.15) is 12.5 Å². The predicted octanol–water partition coefficient (Wildman–Crippen LogP) is -1.12. The predicted molar refractivity (Wildman–Crippen MR) is 146 cm³/mol. The zero-order valence-electron chi connectivity index (χ0n) is 22.2. The van der Waals surface area contributed by atoms with Gasteiger partial charge < -0.3 is 4.90 Å². The van der Waals surface area contributed by atoms with E-state index in [0.717, 1.165) is 28.9 Å². The number of nitrogens with zero attached hydrogens (tertiary/aromatic N) is 4. The van der Waals surface area contributed by atoms with Gasteiger partial charge in [0.05, 0.1) is 41.9 Å². The molecule has 1 aliphatic rings. The Morgan fingerprint density at radius 2 is 1.49 bits per heavy atom. The topological polar surface area (TPSA) is 228 Å². The summed E-state index contributed by atoms with van der Waals surface area (Å²) >= 11 is 0. The van der Waals surface area contributed by atoms with Crippen LogP contribution in [-0.2, 0) is 48.7 Å². The summed E-state index contributed by atoms with van der Waals surface area (Å²) in [5, 5.41) is 10.3. The number of rotatable bonds is 14. The number of hydrogen-bond donors (Lipinski definition) is 1. The molecule has 1 aromatic carbocycles. The first-order valence-electron chi connectivity index (χ1n) is 11.6. The second-order valence-corrected chi connectivity index (χ2v) is 15.7. The Hall–Kier alpha value is -2.42. The van der Waals surface area contributed by atoms with Gasteiger partial charge in [0.1, 0.15) is 10.3 Å². The van der Waals surface area contributed by atoms with Gasteiger partial charge >= 0.3 is 0 Å². The fraction of sp³-hybridized carbons (Fsp3) is 0.600. The van der Waals surface area contributed by atoms with E-state index in [4.69, 9.17) is 14.8 Å². The highest BCUT2D eigenvalue weighted by Gasteiger charge is 2.37. The van der Waals surface area contributed by atoms with Crippen LogP contribution >= 0.6 is 0 Å². The molecule has 232 valence electrons. The van der Waals surface area contributed by atoms with E-state index in [1.54, 1.807) is 0 Å².